The largest absolute Gasteiger partial charge is 0.496 e. The fourth-order valence-electron chi connectivity index (χ4n) is 6.63. The highest BCUT2D eigenvalue weighted by Gasteiger charge is 2.25. The van der Waals surface area contributed by atoms with Gasteiger partial charge in [0.05, 0.1) is 21.3 Å². The highest BCUT2D eigenvalue weighted by atomic mass is 16.5. The molecule has 3 unspecified atom stereocenters. The summed E-state index contributed by atoms with van der Waals surface area (Å²) in [7, 11) is 4.92. The van der Waals surface area contributed by atoms with Crippen LogP contribution in [0.25, 0.3) is 0 Å². The predicted octanol–water partition coefficient (Wildman–Crippen LogP) is 8.90. The van der Waals surface area contributed by atoms with E-state index in [-0.39, 0.29) is 5.92 Å². The molecule has 230 valence electrons. The van der Waals surface area contributed by atoms with Crippen molar-refractivity contribution in [2.24, 2.45) is 17.8 Å². The summed E-state index contributed by atoms with van der Waals surface area (Å²) in [4.78, 5) is 16.4. The highest BCUT2D eigenvalue weighted by Crippen LogP contribution is 2.35. The summed E-state index contributed by atoms with van der Waals surface area (Å²) in [6, 6.07) is 3.70. The molecule has 0 amide bonds. The van der Waals surface area contributed by atoms with Crippen LogP contribution in [0, 0.1) is 17.8 Å². The highest BCUT2D eigenvalue weighted by molar-refractivity contribution is 5.84. The number of rotatable bonds is 22. The maximum absolute atomic E-state index is 13.7. The third-order valence-electron chi connectivity index (χ3n) is 8.75. The minimum absolute atomic E-state index is 0.0923. The van der Waals surface area contributed by atoms with Gasteiger partial charge in [-0.3, -0.25) is 4.79 Å². The maximum atomic E-state index is 13.7. The van der Waals surface area contributed by atoms with Crippen LogP contribution in [-0.4, -0.2) is 51.6 Å². The first-order chi connectivity index (χ1) is 19.4. The molecule has 0 aromatic heterocycles. The molecule has 1 aromatic rings. The van der Waals surface area contributed by atoms with Crippen molar-refractivity contribution >= 4 is 5.78 Å². The minimum Gasteiger partial charge on any atom is -0.496 e. The third-order valence-corrected chi connectivity index (χ3v) is 8.75. The SMILES string of the molecule is CCCCCCCCCCCCCC(CCCN1CC(C)CC(C)C1)C(=O)Cc1c(OC)cc(OC)cc1OC. The lowest BCUT2D eigenvalue weighted by molar-refractivity contribution is -0.122. The van der Waals surface area contributed by atoms with Crippen LogP contribution in [0.5, 0.6) is 17.2 Å². The summed E-state index contributed by atoms with van der Waals surface area (Å²) in [5.41, 5.74) is 0.832. The van der Waals surface area contributed by atoms with E-state index in [1.54, 1.807) is 21.3 Å². The molecule has 1 aliphatic rings. The lowest BCUT2D eigenvalue weighted by atomic mass is 9.87. The van der Waals surface area contributed by atoms with E-state index in [1.165, 1.54) is 83.7 Å². The summed E-state index contributed by atoms with van der Waals surface area (Å²) in [5.74, 6) is 3.94. The van der Waals surface area contributed by atoms with Gasteiger partial charge >= 0.3 is 0 Å². The molecule has 0 spiro atoms. The van der Waals surface area contributed by atoms with Crippen LogP contribution in [-0.2, 0) is 11.2 Å². The van der Waals surface area contributed by atoms with E-state index in [2.05, 4.69) is 25.7 Å². The molecule has 0 bridgehead atoms. The van der Waals surface area contributed by atoms with Crippen LogP contribution >= 0.6 is 0 Å². The number of hydrogen-bond donors (Lipinski definition) is 0. The van der Waals surface area contributed by atoms with E-state index in [1.807, 2.05) is 12.1 Å². The van der Waals surface area contributed by atoms with Crippen molar-refractivity contribution < 1.29 is 19.0 Å². The molecule has 40 heavy (non-hydrogen) atoms. The molecule has 0 N–H and O–H groups in total. The summed E-state index contributed by atoms with van der Waals surface area (Å²) >= 11 is 0. The smallest absolute Gasteiger partial charge is 0.140 e. The number of ether oxygens (including phenoxy) is 3. The second kappa shape index (κ2) is 20.2. The van der Waals surface area contributed by atoms with Crippen LogP contribution in [0.15, 0.2) is 12.1 Å². The molecule has 5 heteroatoms. The van der Waals surface area contributed by atoms with Crippen molar-refractivity contribution in [1.29, 1.82) is 0 Å². The van der Waals surface area contributed by atoms with Gasteiger partial charge in [0, 0.05) is 43.1 Å². The zero-order valence-electron chi connectivity index (χ0n) is 26.9. The van der Waals surface area contributed by atoms with Gasteiger partial charge in [0.2, 0.25) is 0 Å². The van der Waals surface area contributed by atoms with Crippen LogP contribution in [0.1, 0.15) is 123 Å². The predicted molar refractivity (Wildman–Crippen MR) is 168 cm³/mol. The van der Waals surface area contributed by atoms with E-state index in [0.29, 0.717) is 29.5 Å². The number of Topliss-reactive ketones (excluding diaryl/α,β-unsaturated/α-hetero) is 1. The van der Waals surface area contributed by atoms with Crippen molar-refractivity contribution in [3.05, 3.63) is 17.7 Å². The summed E-state index contributed by atoms with van der Waals surface area (Å²) in [5, 5.41) is 0. The molecule has 0 radical (unpaired) electrons. The van der Waals surface area contributed by atoms with Crippen LogP contribution in [0.2, 0.25) is 0 Å². The molecular formula is C35H61NO4. The first-order valence-corrected chi connectivity index (χ1v) is 16.5. The Bertz CT molecular complexity index is 791. The number of unbranched alkanes of at least 4 members (excludes halogenated alkanes) is 10. The lowest BCUT2D eigenvalue weighted by Crippen LogP contribution is -2.39. The standard InChI is InChI=1S/C35H61NO4/c1-7-8-9-10-11-12-13-14-15-16-17-19-30(20-18-21-36-26-28(2)22-29(3)27-36)33(37)25-32-34(39-5)23-31(38-4)24-35(32)40-6/h23-24,28-30H,7-22,25-27H2,1-6H3. The number of nitrogens with zero attached hydrogens (tertiary/aromatic N) is 1. The van der Waals surface area contributed by atoms with Crippen LogP contribution in [0.4, 0.5) is 0 Å². The first-order valence-electron chi connectivity index (χ1n) is 16.5. The van der Waals surface area contributed by atoms with Crippen molar-refractivity contribution in [2.45, 2.75) is 124 Å². The molecule has 1 heterocycles. The van der Waals surface area contributed by atoms with E-state index in [0.717, 1.165) is 49.6 Å². The zero-order chi connectivity index (χ0) is 29.2. The molecule has 1 aromatic carbocycles. The average Bonchev–Trinajstić information content (AvgIpc) is 2.94. The van der Waals surface area contributed by atoms with Crippen molar-refractivity contribution in [3.8, 4) is 17.2 Å². The molecule has 1 aliphatic heterocycles. The lowest BCUT2D eigenvalue weighted by Gasteiger charge is -2.35. The molecule has 1 fully saturated rings. The summed E-state index contributed by atoms with van der Waals surface area (Å²) in [6.45, 7) is 10.5. The van der Waals surface area contributed by atoms with E-state index < -0.39 is 0 Å². The number of benzene rings is 1. The van der Waals surface area contributed by atoms with Gasteiger partial charge in [0.15, 0.2) is 0 Å². The Morgan fingerprint density at radius 3 is 1.77 bits per heavy atom. The number of carbonyl (C=O) groups excluding carboxylic acids is 1. The van der Waals surface area contributed by atoms with Gasteiger partial charge in [-0.2, -0.15) is 0 Å². The van der Waals surface area contributed by atoms with E-state index >= 15 is 0 Å². The maximum Gasteiger partial charge on any atom is 0.140 e. The Morgan fingerprint density at radius 2 is 1.27 bits per heavy atom. The van der Waals surface area contributed by atoms with Gasteiger partial charge in [0.1, 0.15) is 23.0 Å². The quantitative estimate of drug-likeness (QED) is 0.133. The average molecular weight is 560 g/mol. The fraction of sp³-hybridized carbons (Fsp3) is 0.800. The van der Waals surface area contributed by atoms with Crippen molar-refractivity contribution in [2.75, 3.05) is 41.0 Å². The Morgan fingerprint density at radius 1 is 0.775 bits per heavy atom. The topological polar surface area (TPSA) is 48.0 Å². The Balaban J connectivity index is 1.91. The molecular weight excluding hydrogens is 498 g/mol. The Hall–Kier alpha value is -1.75. The number of piperidine rings is 1. The molecule has 1 saturated heterocycles. The van der Waals surface area contributed by atoms with Gasteiger partial charge in [-0.25, -0.2) is 0 Å². The van der Waals surface area contributed by atoms with Gasteiger partial charge < -0.3 is 19.1 Å². The Kier molecular flexibility index (Phi) is 17.4. The van der Waals surface area contributed by atoms with Crippen molar-refractivity contribution in [3.63, 3.8) is 0 Å². The van der Waals surface area contributed by atoms with Crippen LogP contribution in [0.3, 0.4) is 0 Å². The number of carbonyl (C=O) groups is 1. The summed E-state index contributed by atoms with van der Waals surface area (Å²) < 4.78 is 16.7. The van der Waals surface area contributed by atoms with E-state index in [9.17, 15) is 4.79 Å². The first kappa shape index (κ1) is 34.5. The monoisotopic (exact) mass is 559 g/mol. The molecule has 0 saturated carbocycles. The third kappa shape index (κ3) is 12.8. The van der Waals surface area contributed by atoms with Crippen LogP contribution < -0.4 is 14.2 Å². The number of hydrogen-bond acceptors (Lipinski definition) is 5. The molecule has 0 aliphatic carbocycles. The molecule has 2 rings (SSSR count). The van der Waals surface area contributed by atoms with Gasteiger partial charge in [-0.05, 0) is 44.1 Å². The number of likely N-dealkylation sites (tertiary alicyclic amines) is 1. The summed E-state index contributed by atoms with van der Waals surface area (Å²) in [6.07, 6.45) is 19.4. The normalized spacial score (nSPS) is 18.4. The number of ketones is 1. The number of methoxy groups -OCH3 is 3. The second-order valence-corrected chi connectivity index (χ2v) is 12.5. The Labute approximate surface area is 246 Å². The minimum atomic E-state index is 0.0923. The molecule has 3 atom stereocenters. The van der Waals surface area contributed by atoms with E-state index in [4.69, 9.17) is 14.2 Å². The zero-order valence-corrected chi connectivity index (χ0v) is 26.9. The van der Waals surface area contributed by atoms with Gasteiger partial charge in [-0.15, -0.1) is 0 Å². The van der Waals surface area contributed by atoms with Crippen molar-refractivity contribution in [1.82, 2.24) is 4.90 Å². The van der Waals surface area contributed by atoms with Gasteiger partial charge in [-0.1, -0.05) is 91.4 Å². The fourth-order valence-corrected chi connectivity index (χ4v) is 6.63. The molecule has 5 nitrogen and oxygen atoms in total. The second-order valence-electron chi connectivity index (χ2n) is 12.5. The van der Waals surface area contributed by atoms with Gasteiger partial charge in [0.25, 0.3) is 0 Å².